The molecule has 2 aromatic carbocycles. The zero-order valence-electron chi connectivity index (χ0n) is 15.6. The van der Waals surface area contributed by atoms with Crippen LogP contribution in [0.15, 0.2) is 48.2 Å². The number of rotatable bonds is 6. The zero-order chi connectivity index (χ0) is 21.0. The van der Waals surface area contributed by atoms with Crippen LogP contribution in [0, 0.1) is 0 Å². The molecule has 0 saturated carbocycles. The molecule has 1 saturated heterocycles. The van der Waals surface area contributed by atoms with Crippen molar-refractivity contribution in [2.75, 3.05) is 25.7 Å². The van der Waals surface area contributed by atoms with Gasteiger partial charge >= 0.3 is 12.0 Å². The van der Waals surface area contributed by atoms with Crippen molar-refractivity contribution >= 4 is 41.3 Å². The summed E-state index contributed by atoms with van der Waals surface area (Å²) in [6, 6.07) is 11.1. The van der Waals surface area contributed by atoms with Crippen molar-refractivity contribution in [1.29, 1.82) is 0 Å². The average molecular weight is 417 g/mol. The number of imide groups is 1. The quantitative estimate of drug-likeness (QED) is 0.442. The van der Waals surface area contributed by atoms with Crippen LogP contribution in [-0.4, -0.2) is 38.7 Å². The topological polar surface area (TPSA) is 94.2 Å². The van der Waals surface area contributed by atoms with Crippen LogP contribution in [0.25, 0.3) is 6.08 Å². The van der Waals surface area contributed by atoms with E-state index < -0.39 is 17.9 Å². The average Bonchev–Trinajstić information content (AvgIpc) is 3.00. The number of nitrogens with one attached hydrogen (secondary N) is 1. The highest BCUT2D eigenvalue weighted by Crippen LogP contribution is 2.37. The SMILES string of the molecule is COC(=O)COc1c(Cl)cc(C=C2NC(=O)N(c3ccccc3)C2=O)cc1OC. The van der Waals surface area contributed by atoms with Gasteiger partial charge in [-0.3, -0.25) is 4.79 Å². The third-order valence-corrected chi connectivity index (χ3v) is 4.30. The van der Waals surface area contributed by atoms with E-state index >= 15 is 0 Å². The van der Waals surface area contributed by atoms with Crippen LogP contribution in [0.5, 0.6) is 11.5 Å². The van der Waals surface area contributed by atoms with Crippen LogP contribution in [0.1, 0.15) is 5.56 Å². The molecule has 3 amide bonds. The van der Waals surface area contributed by atoms with Crippen LogP contribution in [0.4, 0.5) is 10.5 Å². The summed E-state index contributed by atoms with van der Waals surface area (Å²) in [6.07, 6.45) is 1.47. The van der Waals surface area contributed by atoms with E-state index in [1.807, 2.05) is 0 Å². The summed E-state index contributed by atoms with van der Waals surface area (Å²) >= 11 is 6.25. The van der Waals surface area contributed by atoms with Gasteiger partial charge in [-0.05, 0) is 35.9 Å². The van der Waals surface area contributed by atoms with Crippen molar-refractivity contribution in [3.05, 3.63) is 58.7 Å². The summed E-state index contributed by atoms with van der Waals surface area (Å²) in [7, 11) is 2.65. The van der Waals surface area contributed by atoms with Gasteiger partial charge in [0, 0.05) is 0 Å². The van der Waals surface area contributed by atoms with Gasteiger partial charge in [0.25, 0.3) is 5.91 Å². The van der Waals surface area contributed by atoms with Gasteiger partial charge in [-0.1, -0.05) is 29.8 Å². The molecule has 1 aliphatic rings. The Morgan fingerprint density at radius 3 is 2.55 bits per heavy atom. The summed E-state index contributed by atoms with van der Waals surface area (Å²) in [5.74, 6) is -0.656. The molecule has 0 spiro atoms. The van der Waals surface area contributed by atoms with E-state index in [0.29, 0.717) is 11.3 Å². The molecule has 1 heterocycles. The predicted octanol–water partition coefficient (Wildman–Crippen LogP) is 3.00. The molecule has 0 aromatic heterocycles. The molecule has 0 bridgehead atoms. The Morgan fingerprint density at radius 2 is 1.90 bits per heavy atom. The molecule has 0 unspecified atom stereocenters. The lowest BCUT2D eigenvalue weighted by Gasteiger charge is -2.13. The van der Waals surface area contributed by atoms with Crippen LogP contribution in [0.3, 0.4) is 0 Å². The van der Waals surface area contributed by atoms with Gasteiger partial charge < -0.3 is 19.5 Å². The van der Waals surface area contributed by atoms with Gasteiger partial charge in [0.2, 0.25) is 0 Å². The van der Waals surface area contributed by atoms with E-state index in [1.165, 1.54) is 26.4 Å². The van der Waals surface area contributed by atoms with E-state index in [2.05, 4.69) is 10.1 Å². The molecular weight excluding hydrogens is 400 g/mol. The molecule has 9 heteroatoms. The molecule has 1 N–H and O–H groups in total. The number of nitrogens with zero attached hydrogens (tertiary/aromatic N) is 1. The third kappa shape index (κ3) is 4.33. The maximum Gasteiger partial charge on any atom is 0.343 e. The van der Waals surface area contributed by atoms with Crippen molar-refractivity contribution < 1.29 is 28.6 Å². The van der Waals surface area contributed by atoms with Gasteiger partial charge in [-0.2, -0.15) is 0 Å². The minimum atomic E-state index is -0.574. The summed E-state index contributed by atoms with van der Waals surface area (Å²) in [5.41, 5.74) is 1.04. The molecular formula is C20H17ClN2O6. The summed E-state index contributed by atoms with van der Waals surface area (Å²) < 4.78 is 15.1. The Morgan fingerprint density at radius 1 is 1.17 bits per heavy atom. The summed E-state index contributed by atoms with van der Waals surface area (Å²) in [4.78, 5) is 37.2. The number of anilines is 1. The Labute approximate surface area is 171 Å². The molecule has 1 aliphatic heterocycles. The lowest BCUT2D eigenvalue weighted by atomic mass is 10.1. The number of para-hydroxylation sites is 1. The molecule has 3 rings (SSSR count). The largest absolute Gasteiger partial charge is 0.493 e. The fourth-order valence-corrected chi connectivity index (χ4v) is 2.94. The lowest BCUT2D eigenvalue weighted by molar-refractivity contribution is -0.142. The Hall–Kier alpha value is -3.52. The Balaban J connectivity index is 1.88. The normalized spacial score (nSPS) is 14.7. The first-order valence-electron chi connectivity index (χ1n) is 8.44. The fraction of sp³-hybridized carbons (Fsp3) is 0.150. The highest BCUT2D eigenvalue weighted by Gasteiger charge is 2.34. The zero-order valence-corrected chi connectivity index (χ0v) is 16.4. The molecule has 0 aliphatic carbocycles. The fourth-order valence-electron chi connectivity index (χ4n) is 2.67. The number of methoxy groups -OCH3 is 2. The maximum absolute atomic E-state index is 12.7. The third-order valence-electron chi connectivity index (χ3n) is 4.02. The second-order valence-electron chi connectivity index (χ2n) is 5.86. The predicted molar refractivity (Wildman–Crippen MR) is 106 cm³/mol. The number of ether oxygens (including phenoxy) is 3. The highest BCUT2D eigenvalue weighted by molar-refractivity contribution is 6.32. The molecule has 8 nitrogen and oxygen atoms in total. The standard InChI is InChI=1S/C20H17ClN2O6/c1-27-16-10-12(8-14(21)18(16)29-11-17(24)28-2)9-15-19(25)23(20(26)22-15)13-6-4-3-5-7-13/h3-10H,11H2,1-2H3,(H,22,26). The number of carbonyl (C=O) groups excluding carboxylic acids is 3. The van der Waals surface area contributed by atoms with E-state index in [1.54, 1.807) is 36.4 Å². The highest BCUT2D eigenvalue weighted by atomic mass is 35.5. The number of urea groups is 1. The van der Waals surface area contributed by atoms with E-state index in [0.717, 1.165) is 4.90 Å². The monoisotopic (exact) mass is 416 g/mol. The van der Waals surface area contributed by atoms with E-state index in [-0.39, 0.29) is 28.8 Å². The molecule has 1 fully saturated rings. The first-order chi connectivity index (χ1) is 13.9. The minimum absolute atomic E-state index is 0.0835. The number of carbonyl (C=O) groups is 3. The summed E-state index contributed by atoms with van der Waals surface area (Å²) in [6.45, 7) is -0.340. The van der Waals surface area contributed by atoms with Gasteiger partial charge in [-0.15, -0.1) is 0 Å². The molecule has 2 aromatic rings. The number of amides is 3. The first-order valence-corrected chi connectivity index (χ1v) is 8.81. The second-order valence-corrected chi connectivity index (χ2v) is 6.27. The molecule has 150 valence electrons. The van der Waals surface area contributed by atoms with E-state index in [4.69, 9.17) is 21.1 Å². The van der Waals surface area contributed by atoms with E-state index in [9.17, 15) is 14.4 Å². The van der Waals surface area contributed by atoms with Crippen molar-refractivity contribution in [3.8, 4) is 11.5 Å². The molecule has 0 radical (unpaired) electrons. The van der Waals surface area contributed by atoms with Gasteiger partial charge in [0.05, 0.1) is 24.9 Å². The summed E-state index contributed by atoms with van der Waals surface area (Å²) in [5, 5.41) is 2.71. The number of benzene rings is 2. The minimum Gasteiger partial charge on any atom is -0.493 e. The van der Waals surface area contributed by atoms with Gasteiger partial charge in [0.1, 0.15) is 5.70 Å². The smallest absolute Gasteiger partial charge is 0.343 e. The van der Waals surface area contributed by atoms with Crippen molar-refractivity contribution in [1.82, 2.24) is 5.32 Å². The van der Waals surface area contributed by atoms with Crippen molar-refractivity contribution in [2.45, 2.75) is 0 Å². The van der Waals surface area contributed by atoms with Crippen molar-refractivity contribution in [3.63, 3.8) is 0 Å². The Kier molecular flexibility index (Phi) is 6.04. The van der Waals surface area contributed by atoms with Gasteiger partial charge in [-0.25, -0.2) is 14.5 Å². The maximum atomic E-state index is 12.7. The molecule has 29 heavy (non-hydrogen) atoms. The van der Waals surface area contributed by atoms with Crippen LogP contribution >= 0.6 is 11.6 Å². The number of hydrogen-bond donors (Lipinski definition) is 1. The van der Waals surface area contributed by atoms with Gasteiger partial charge in [0.15, 0.2) is 18.1 Å². The second kappa shape index (κ2) is 8.66. The van der Waals surface area contributed by atoms with Crippen LogP contribution in [0.2, 0.25) is 5.02 Å². The number of esters is 1. The first kappa shape index (κ1) is 20.2. The van der Waals surface area contributed by atoms with Crippen LogP contribution in [-0.2, 0) is 14.3 Å². The Bertz CT molecular complexity index is 990. The van der Waals surface area contributed by atoms with Crippen LogP contribution < -0.4 is 19.7 Å². The number of hydrogen-bond acceptors (Lipinski definition) is 6. The van der Waals surface area contributed by atoms with Crippen molar-refractivity contribution in [2.24, 2.45) is 0 Å². The lowest BCUT2D eigenvalue weighted by Crippen LogP contribution is -2.30. The number of halogens is 1. The molecule has 0 atom stereocenters.